The Hall–Kier alpha value is -1.73. The van der Waals surface area contributed by atoms with E-state index < -0.39 is 0 Å². The molecule has 2 heterocycles. The van der Waals surface area contributed by atoms with Crippen molar-refractivity contribution >= 4 is 52.5 Å². The standard InChI is InChI=1S/C21H19Cl3N4OS/c1-27-19(25-26-21(27)30-12-13-8-9-16(23)17(24)11-13)18-7-4-10-28(18)20(29)14-5-2-3-6-15(14)22/h2-3,5-6,8-9,11,18H,4,7,10,12H2,1H3. The minimum atomic E-state index is -0.120. The van der Waals surface area contributed by atoms with Gasteiger partial charge in [0.15, 0.2) is 11.0 Å². The molecule has 30 heavy (non-hydrogen) atoms. The van der Waals surface area contributed by atoms with Crippen LogP contribution in [0.25, 0.3) is 0 Å². The Labute approximate surface area is 194 Å². The summed E-state index contributed by atoms with van der Waals surface area (Å²) in [6.45, 7) is 0.674. The van der Waals surface area contributed by atoms with Crippen LogP contribution in [0.15, 0.2) is 47.6 Å². The number of halogens is 3. The molecule has 1 aromatic heterocycles. The van der Waals surface area contributed by atoms with E-state index in [2.05, 4.69) is 10.2 Å². The third-order valence-corrected chi connectivity index (χ3v) is 7.30. The van der Waals surface area contributed by atoms with Gasteiger partial charge in [-0.15, -0.1) is 10.2 Å². The second-order valence-corrected chi connectivity index (χ2v) is 9.24. The van der Waals surface area contributed by atoms with Crippen molar-refractivity contribution in [3.8, 4) is 0 Å². The SMILES string of the molecule is Cn1c(SCc2ccc(Cl)c(Cl)c2)nnc1C1CCCN1C(=O)c1ccccc1Cl. The molecule has 0 N–H and O–H groups in total. The van der Waals surface area contributed by atoms with Gasteiger partial charge in [0, 0.05) is 19.3 Å². The zero-order valence-corrected chi connectivity index (χ0v) is 19.3. The highest BCUT2D eigenvalue weighted by Crippen LogP contribution is 2.35. The molecule has 5 nitrogen and oxygen atoms in total. The maximum Gasteiger partial charge on any atom is 0.255 e. The third kappa shape index (κ3) is 4.33. The number of amides is 1. The molecule has 9 heteroatoms. The molecule has 0 aliphatic carbocycles. The van der Waals surface area contributed by atoms with Crippen LogP contribution < -0.4 is 0 Å². The van der Waals surface area contributed by atoms with Crippen LogP contribution in [0.2, 0.25) is 15.1 Å². The molecule has 2 aromatic carbocycles. The van der Waals surface area contributed by atoms with E-state index in [-0.39, 0.29) is 11.9 Å². The number of aromatic nitrogens is 3. The topological polar surface area (TPSA) is 51.0 Å². The van der Waals surface area contributed by atoms with E-state index in [4.69, 9.17) is 34.8 Å². The number of hydrogen-bond donors (Lipinski definition) is 0. The van der Waals surface area contributed by atoms with Crippen LogP contribution in [-0.4, -0.2) is 32.1 Å². The average molecular weight is 482 g/mol. The van der Waals surface area contributed by atoms with Crippen molar-refractivity contribution < 1.29 is 4.79 Å². The molecule has 0 bridgehead atoms. The molecular formula is C21H19Cl3N4OS. The number of carbonyl (C=O) groups is 1. The highest BCUT2D eigenvalue weighted by atomic mass is 35.5. The molecule has 1 aliphatic heterocycles. The Kier molecular flexibility index (Phi) is 6.58. The zero-order valence-electron chi connectivity index (χ0n) is 16.2. The fourth-order valence-electron chi connectivity index (χ4n) is 3.59. The van der Waals surface area contributed by atoms with Crippen LogP contribution in [0.3, 0.4) is 0 Å². The van der Waals surface area contributed by atoms with Crippen molar-refractivity contribution in [2.45, 2.75) is 29.8 Å². The van der Waals surface area contributed by atoms with Gasteiger partial charge in [-0.25, -0.2) is 0 Å². The van der Waals surface area contributed by atoms with Crippen LogP contribution in [0, 0.1) is 0 Å². The summed E-state index contributed by atoms with van der Waals surface area (Å²) in [6.07, 6.45) is 1.76. The first-order valence-corrected chi connectivity index (χ1v) is 11.6. The Bertz CT molecular complexity index is 1090. The molecule has 4 rings (SSSR count). The number of hydrogen-bond acceptors (Lipinski definition) is 4. The smallest absolute Gasteiger partial charge is 0.255 e. The molecule has 1 amide bonds. The molecule has 1 aliphatic rings. The van der Waals surface area contributed by atoms with Gasteiger partial charge >= 0.3 is 0 Å². The molecule has 1 saturated heterocycles. The number of thioether (sulfide) groups is 1. The number of benzene rings is 2. The van der Waals surface area contributed by atoms with Crippen LogP contribution >= 0.6 is 46.6 Å². The summed E-state index contributed by atoms with van der Waals surface area (Å²) in [5, 5.41) is 11.1. The van der Waals surface area contributed by atoms with E-state index in [1.165, 1.54) is 0 Å². The second-order valence-electron chi connectivity index (χ2n) is 7.07. The van der Waals surface area contributed by atoms with Crippen molar-refractivity contribution in [1.82, 2.24) is 19.7 Å². The predicted octanol–water partition coefficient (Wildman–Crippen LogP) is 6.04. The van der Waals surface area contributed by atoms with Crippen molar-refractivity contribution in [3.05, 3.63) is 74.5 Å². The lowest BCUT2D eigenvalue weighted by Gasteiger charge is -2.24. The summed E-state index contributed by atoms with van der Waals surface area (Å²) < 4.78 is 1.96. The van der Waals surface area contributed by atoms with Gasteiger partial charge in [0.2, 0.25) is 0 Å². The number of carbonyl (C=O) groups excluding carboxylic acids is 1. The number of likely N-dealkylation sites (tertiary alicyclic amines) is 1. The quantitative estimate of drug-likeness (QED) is 0.417. The molecule has 1 fully saturated rings. The average Bonchev–Trinajstić information content (AvgIpc) is 3.35. The maximum absolute atomic E-state index is 13.1. The van der Waals surface area contributed by atoms with E-state index >= 15 is 0 Å². The van der Waals surface area contributed by atoms with Crippen molar-refractivity contribution in [2.75, 3.05) is 6.54 Å². The Morgan fingerprint density at radius 2 is 1.90 bits per heavy atom. The van der Waals surface area contributed by atoms with Gasteiger partial charge in [-0.3, -0.25) is 4.79 Å². The van der Waals surface area contributed by atoms with Gasteiger partial charge in [0.25, 0.3) is 5.91 Å². The van der Waals surface area contributed by atoms with Gasteiger partial charge in [-0.1, -0.05) is 64.8 Å². The van der Waals surface area contributed by atoms with E-state index in [0.29, 0.717) is 32.9 Å². The van der Waals surface area contributed by atoms with Crippen LogP contribution in [-0.2, 0) is 12.8 Å². The van der Waals surface area contributed by atoms with Crippen LogP contribution in [0.1, 0.15) is 40.6 Å². The van der Waals surface area contributed by atoms with E-state index in [9.17, 15) is 4.79 Å². The molecule has 1 unspecified atom stereocenters. The largest absolute Gasteiger partial charge is 0.328 e. The van der Waals surface area contributed by atoms with Crippen LogP contribution in [0.4, 0.5) is 0 Å². The predicted molar refractivity (Wildman–Crippen MR) is 121 cm³/mol. The van der Waals surface area contributed by atoms with Gasteiger partial charge in [-0.05, 0) is 42.7 Å². The molecular weight excluding hydrogens is 463 g/mol. The highest BCUT2D eigenvalue weighted by Gasteiger charge is 2.34. The van der Waals surface area contributed by atoms with Crippen molar-refractivity contribution in [1.29, 1.82) is 0 Å². The van der Waals surface area contributed by atoms with Gasteiger partial charge in [-0.2, -0.15) is 0 Å². The van der Waals surface area contributed by atoms with E-state index in [1.807, 2.05) is 40.8 Å². The fourth-order valence-corrected chi connectivity index (χ4v) is 4.99. The first-order chi connectivity index (χ1) is 14.5. The monoisotopic (exact) mass is 480 g/mol. The molecule has 1 atom stereocenters. The number of nitrogens with zero attached hydrogens (tertiary/aromatic N) is 4. The van der Waals surface area contributed by atoms with Crippen molar-refractivity contribution in [2.24, 2.45) is 7.05 Å². The second kappa shape index (κ2) is 9.18. The zero-order chi connectivity index (χ0) is 21.3. The van der Waals surface area contributed by atoms with E-state index in [1.54, 1.807) is 30.0 Å². The fraction of sp³-hybridized carbons (Fsp3) is 0.286. The summed E-state index contributed by atoms with van der Waals surface area (Å²) in [6, 6.07) is 12.6. The molecule has 0 radical (unpaired) electrons. The molecule has 0 saturated carbocycles. The lowest BCUT2D eigenvalue weighted by Crippen LogP contribution is -2.32. The Morgan fingerprint density at radius 1 is 1.10 bits per heavy atom. The molecule has 156 valence electrons. The Balaban J connectivity index is 1.51. The first-order valence-electron chi connectivity index (χ1n) is 9.47. The number of rotatable bonds is 5. The van der Waals surface area contributed by atoms with Gasteiger partial charge in [0.05, 0.1) is 26.7 Å². The maximum atomic E-state index is 13.1. The van der Waals surface area contributed by atoms with Gasteiger partial charge in [0.1, 0.15) is 0 Å². The first kappa shape index (κ1) is 21.5. The molecule has 3 aromatic rings. The van der Waals surface area contributed by atoms with Crippen molar-refractivity contribution in [3.63, 3.8) is 0 Å². The third-order valence-electron chi connectivity index (χ3n) is 5.14. The Morgan fingerprint density at radius 3 is 2.67 bits per heavy atom. The minimum Gasteiger partial charge on any atom is -0.328 e. The van der Waals surface area contributed by atoms with E-state index in [0.717, 1.165) is 29.4 Å². The summed E-state index contributed by atoms with van der Waals surface area (Å²) in [5.41, 5.74) is 1.57. The summed E-state index contributed by atoms with van der Waals surface area (Å²) in [5.74, 6) is 1.40. The summed E-state index contributed by atoms with van der Waals surface area (Å²) in [7, 11) is 1.93. The van der Waals surface area contributed by atoms with Crippen LogP contribution in [0.5, 0.6) is 0 Å². The molecule has 0 spiro atoms. The minimum absolute atomic E-state index is 0.0730. The normalized spacial score (nSPS) is 16.3. The lowest BCUT2D eigenvalue weighted by molar-refractivity contribution is 0.0728. The summed E-state index contributed by atoms with van der Waals surface area (Å²) in [4.78, 5) is 14.9. The summed E-state index contributed by atoms with van der Waals surface area (Å²) >= 11 is 19.9. The highest BCUT2D eigenvalue weighted by molar-refractivity contribution is 7.98. The lowest BCUT2D eigenvalue weighted by atomic mass is 10.1. The van der Waals surface area contributed by atoms with Gasteiger partial charge < -0.3 is 9.47 Å².